The Morgan fingerprint density at radius 1 is 1.15 bits per heavy atom. The van der Waals surface area contributed by atoms with E-state index >= 15 is 0 Å². The fourth-order valence-corrected chi connectivity index (χ4v) is 4.08. The second kappa shape index (κ2) is 6.34. The lowest BCUT2D eigenvalue weighted by Gasteiger charge is -2.25. The van der Waals surface area contributed by atoms with E-state index in [1.54, 1.807) is 0 Å². The first-order chi connectivity index (χ1) is 12.3. The van der Waals surface area contributed by atoms with Crippen LogP contribution in [0.2, 0.25) is 0 Å². The maximum Gasteiger partial charge on any atom is 0.148 e. The van der Waals surface area contributed by atoms with E-state index < -0.39 is 0 Å². The van der Waals surface area contributed by atoms with E-state index in [2.05, 4.69) is 46.3 Å². The Morgan fingerprint density at radius 3 is 2.42 bits per heavy atom. The lowest BCUT2D eigenvalue weighted by atomic mass is 9.92. The third-order valence-electron chi connectivity index (χ3n) is 5.72. The molecule has 3 heterocycles. The van der Waals surface area contributed by atoms with Crippen molar-refractivity contribution in [3.05, 3.63) is 24.0 Å². The largest absolute Gasteiger partial charge is 0.365 e. The van der Waals surface area contributed by atoms with Gasteiger partial charge in [0.15, 0.2) is 0 Å². The summed E-state index contributed by atoms with van der Waals surface area (Å²) in [6.07, 6.45) is 3.26. The lowest BCUT2D eigenvalue weighted by molar-refractivity contribution is 0.245. The fourth-order valence-electron chi connectivity index (χ4n) is 4.08. The molecule has 0 amide bonds. The number of nitrogens with zero attached hydrogens (tertiary/aromatic N) is 5. The summed E-state index contributed by atoms with van der Waals surface area (Å²) >= 11 is 0. The van der Waals surface area contributed by atoms with Crippen molar-refractivity contribution in [1.29, 1.82) is 0 Å². The average molecular weight is 355 g/mol. The Kier molecular flexibility index (Phi) is 4.26. The number of likely N-dealkylation sites (tertiary alicyclic amines) is 1. The Morgan fingerprint density at radius 2 is 1.88 bits per heavy atom. The number of anilines is 1. The summed E-state index contributed by atoms with van der Waals surface area (Å²) in [6.45, 7) is 12.6. The van der Waals surface area contributed by atoms with E-state index in [9.17, 15) is 0 Å². The molecule has 140 valence electrons. The number of aryl methyl sites for hydroxylation is 2. The average Bonchev–Trinajstić information content (AvgIpc) is 2.92. The van der Waals surface area contributed by atoms with E-state index in [-0.39, 0.29) is 0 Å². The first kappa shape index (κ1) is 17.5. The van der Waals surface area contributed by atoms with Crippen LogP contribution in [0.15, 0.2) is 18.3 Å². The van der Waals surface area contributed by atoms with Crippen molar-refractivity contribution in [3.8, 4) is 11.3 Å². The molecule has 6 heteroatoms. The second-order valence-electron chi connectivity index (χ2n) is 9.17. The first-order valence-corrected chi connectivity index (χ1v) is 9.63. The molecule has 2 unspecified atom stereocenters. The van der Waals surface area contributed by atoms with Gasteiger partial charge in [0, 0.05) is 37.9 Å². The zero-order valence-electron chi connectivity index (χ0n) is 16.5. The van der Waals surface area contributed by atoms with Crippen LogP contribution in [0.1, 0.15) is 32.9 Å². The van der Waals surface area contributed by atoms with Crippen LogP contribution >= 0.6 is 0 Å². The van der Waals surface area contributed by atoms with E-state index in [4.69, 9.17) is 0 Å². The number of fused-ring (bicyclic) bond motifs is 1. The standard InChI is InChI=1S/C20H30N6/c1-13-14(10-25(5)24-13)17-6-7-18(23-22-17)21-19-15-11-26(12-16(15)19)9-8-20(2,3)4/h6-7,10,15-16,19H,8-9,11-12H2,1-5H3,(H,21,23). The highest BCUT2D eigenvalue weighted by molar-refractivity contribution is 5.61. The Hall–Kier alpha value is -1.95. The van der Waals surface area contributed by atoms with Crippen molar-refractivity contribution in [3.63, 3.8) is 0 Å². The summed E-state index contributed by atoms with van der Waals surface area (Å²) < 4.78 is 1.81. The van der Waals surface area contributed by atoms with Gasteiger partial charge in [0.25, 0.3) is 0 Å². The first-order valence-electron chi connectivity index (χ1n) is 9.63. The van der Waals surface area contributed by atoms with Crippen molar-refractivity contribution in [2.24, 2.45) is 24.3 Å². The van der Waals surface area contributed by atoms with Gasteiger partial charge in [-0.15, -0.1) is 10.2 Å². The monoisotopic (exact) mass is 354 g/mol. The summed E-state index contributed by atoms with van der Waals surface area (Å²) in [5, 5.41) is 16.7. The highest BCUT2D eigenvalue weighted by Gasteiger charge is 2.55. The topological polar surface area (TPSA) is 58.9 Å². The molecule has 2 aromatic heterocycles. The summed E-state index contributed by atoms with van der Waals surface area (Å²) in [5.74, 6) is 2.44. The number of nitrogens with one attached hydrogen (secondary N) is 1. The van der Waals surface area contributed by atoms with Crippen molar-refractivity contribution in [2.45, 2.75) is 40.2 Å². The molecule has 0 aromatic carbocycles. The molecule has 0 spiro atoms. The molecule has 0 radical (unpaired) electrons. The normalized spacial score (nSPS) is 25.3. The molecule has 6 nitrogen and oxygen atoms in total. The van der Waals surface area contributed by atoms with Gasteiger partial charge < -0.3 is 10.2 Å². The minimum atomic E-state index is 0.425. The molecule has 0 bridgehead atoms. The van der Waals surface area contributed by atoms with Gasteiger partial charge in [-0.05, 0) is 49.3 Å². The van der Waals surface area contributed by atoms with Crippen molar-refractivity contribution in [1.82, 2.24) is 24.9 Å². The minimum Gasteiger partial charge on any atom is -0.365 e. The highest BCUT2D eigenvalue weighted by Crippen LogP contribution is 2.47. The molecule has 2 aliphatic rings. The number of aromatic nitrogens is 4. The zero-order chi connectivity index (χ0) is 18.5. The third-order valence-corrected chi connectivity index (χ3v) is 5.72. The molecule has 1 saturated heterocycles. The Labute approximate surface area is 156 Å². The molecule has 1 saturated carbocycles. The van der Waals surface area contributed by atoms with Gasteiger partial charge in [-0.1, -0.05) is 20.8 Å². The summed E-state index contributed by atoms with van der Waals surface area (Å²) in [4.78, 5) is 2.62. The third kappa shape index (κ3) is 3.61. The number of rotatable bonds is 5. The number of hydrogen-bond donors (Lipinski definition) is 1. The molecule has 2 fully saturated rings. The SMILES string of the molecule is Cc1nn(C)cc1-c1ccc(NC2C3CN(CCC(C)(C)C)CC32)nn1. The van der Waals surface area contributed by atoms with Crippen LogP contribution in [-0.2, 0) is 7.05 Å². The summed E-state index contributed by atoms with van der Waals surface area (Å²) in [6, 6.07) is 4.65. The highest BCUT2D eigenvalue weighted by atomic mass is 15.3. The van der Waals surface area contributed by atoms with Crippen LogP contribution < -0.4 is 5.32 Å². The molecule has 1 N–H and O–H groups in total. The summed E-state index contributed by atoms with van der Waals surface area (Å²) in [7, 11) is 1.93. The van der Waals surface area contributed by atoms with Gasteiger partial charge in [-0.2, -0.15) is 5.10 Å². The maximum absolute atomic E-state index is 4.39. The van der Waals surface area contributed by atoms with Crippen LogP contribution in [0.5, 0.6) is 0 Å². The predicted octanol–water partition coefficient (Wildman–Crippen LogP) is 2.96. The van der Waals surface area contributed by atoms with Gasteiger partial charge in [0.1, 0.15) is 5.82 Å². The molecular formula is C20H30N6. The lowest BCUT2D eigenvalue weighted by Crippen LogP contribution is -2.30. The molecule has 2 atom stereocenters. The van der Waals surface area contributed by atoms with Crippen molar-refractivity contribution in [2.75, 3.05) is 25.0 Å². The van der Waals surface area contributed by atoms with Gasteiger partial charge in [-0.25, -0.2) is 0 Å². The molecule has 2 aromatic rings. The van der Waals surface area contributed by atoms with Gasteiger partial charge in [0.05, 0.1) is 11.4 Å². The van der Waals surface area contributed by atoms with E-state index in [1.807, 2.05) is 37.0 Å². The van der Waals surface area contributed by atoms with Gasteiger partial charge >= 0.3 is 0 Å². The number of piperidine rings is 1. The van der Waals surface area contributed by atoms with Crippen LogP contribution in [0.4, 0.5) is 5.82 Å². The Balaban J connectivity index is 1.30. The van der Waals surface area contributed by atoms with Crippen LogP contribution in [0, 0.1) is 24.2 Å². The minimum absolute atomic E-state index is 0.425. The fraction of sp³-hybridized carbons (Fsp3) is 0.650. The predicted molar refractivity (Wildman–Crippen MR) is 104 cm³/mol. The molecule has 1 aliphatic heterocycles. The van der Waals surface area contributed by atoms with Crippen molar-refractivity contribution >= 4 is 5.82 Å². The van der Waals surface area contributed by atoms with Gasteiger partial charge in [-0.3, -0.25) is 4.68 Å². The smallest absolute Gasteiger partial charge is 0.148 e. The molecule has 26 heavy (non-hydrogen) atoms. The van der Waals surface area contributed by atoms with Gasteiger partial charge in [0.2, 0.25) is 0 Å². The van der Waals surface area contributed by atoms with Crippen LogP contribution in [0.3, 0.4) is 0 Å². The number of hydrogen-bond acceptors (Lipinski definition) is 5. The van der Waals surface area contributed by atoms with E-state index in [1.165, 1.54) is 26.1 Å². The molecule has 1 aliphatic carbocycles. The summed E-state index contributed by atoms with van der Waals surface area (Å²) in [5.41, 5.74) is 3.33. The molecular weight excluding hydrogens is 324 g/mol. The Bertz CT molecular complexity index is 761. The van der Waals surface area contributed by atoms with Crippen LogP contribution in [-0.4, -0.2) is 50.6 Å². The van der Waals surface area contributed by atoms with E-state index in [0.717, 1.165) is 34.6 Å². The van der Waals surface area contributed by atoms with E-state index in [0.29, 0.717) is 11.5 Å². The van der Waals surface area contributed by atoms with Crippen LogP contribution in [0.25, 0.3) is 11.3 Å². The molecule has 4 rings (SSSR count). The zero-order valence-corrected chi connectivity index (χ0v) is 16.5. The quantitative estimate of drug-likeness (QED) is 0.894. The maximum atomic E-state index is 4.39. The second-order valence-corrected chi connectivity index (χ2v) is 9.17. The van der Waals surface area contributed by atoms with Crippen molar-refractivity contribution < 1.29 is 0 Å².